The Morgan fingerprint density at radius 1 is 1.03 bits per heavy atom. The summed E-state index contributed by atoms with van der Waals surface area (Å²) in [4.78, 5) is 32.4. The molecule has 0 aliphatic carbocycles. The lowest BCUT2D eigenvalue weighted by Gasteiger charge is -2.17. The van der Waals surface area contributed by atoms with E-state index in [9.17, 15) is 14.0 Å². The fourth-order valence-electron chi connectivity index (χ4n) is 4.35. The molecule has 1 saturated heterocycles. The first-order valence-electron chi connectivity index (χ1n) is 10.7. The standard InChI is InChI=1S/C26H21ClFN3O2/c27-20-9-7-18(8-10-20)24(32)16-31-23-4-2-1-3-22(23)29-26(31)19-13-25(33)30(15-19)14-17-5-11-21(28)12-6-17/h1-12,19H,13-16H2. The molecule has 4 aromatic rings. The monoisotopic (exact) mass is 461 g/mol. The van der Waals surface area contributed by atoms with Gasteiger partial charge in [0.2, 0.25) is 5.91 Å². The highest BCUT2D eigenvalue weighted by molar-refractivity contribution is 6.30. The first-order valence-corrected chi connectivity index (χ1v) is 11.1. The largest absolute Gasteiger partial charge is 0.338 e. The maximum Gasteiger partial charge on any atom is 0.223 e. The summed E-state index contributed by atoms with van der Waals surface area (Å²) in [6, 6.07) is 20.7. The van der Waals surface area contributed by atoms with E-state index in [-0.39, 0.29) is 30.0 Å². The molecule has 0 radical (unpaired) electrons. The number of carbonyl (C=O) groups is 2. The number of Topliss-reactive ketones (excluding diaryl/α,β-unsaturated/α-hetero) is 1. The number of para-hydroxylation sites is 2. The van der Waals surface area contributed by atoms with Crippen molar-refractivity contribution in [1.82, 2.24) is 14.5 Å². The lowest BCUT2D eigenvalue weighted by molar-refractivity contribution is -0.128. The van der Waals surface area contributed by atoms with Crippen LogP contribution in [0.2, 0.25) is 5.02 Å². The van der Waals surface area contributed by atoms with E-state index in [4.69, 9.17) is 16.6 Å². The molecule has 2 heterocycles. The van der Waals surface area contributed by atoms with Gasteiger partial charge in [-0.05, 0) is 54.1 Å². The predicted molar refractivity (Wildman–Crippen MR) is 125 cm³/mol. The zero-order valence-electron chi connectivity index (χ0n) is 17.7. The van der Waals surface area contributed by atoms with Gasteiger partial charge in [0.15, 0.2) is 5.78 Å². The number of fused-ring (bicyclic) bond motifs is 1. The number of hydrogen-bond donors (Lipinski definition) is 0. The SMILES string of the molecule is O=C(Cn1c(C2CC(=O)N(Cc3ccc(F)cc3)C2)nc2ccccc21)c1ccc(Cl)cc1. The molecule has 1 aromatic heterocycles. The fraction of sp³-hybridized carbons (Fsp3) is 0.192. The number of ketones is 1. The molecular formula is C26H21ClFN3O2. The highest BCUT2D eigenvalue weighted by Crippen LogP contribution is 2.31. The third-order valence-corrected chi connectivity index (χ3v) is 6.27. The third-order valence-electron chi connectivity index (χ3n) is 6.02. The van der Waals surface area contributed by atoms with Crippen LogP contribution in [0.3, 0.4) is 0 Å². The summed E-state index contributed by atoms with van der Waals surface area (Å²) in [7, 11) is 0. The summed E-state index contributed by atoms with van der Waals surface area (Å²) in [5, 5.41) is 0.575. The average Bonchev–Trinajstić information content (AvgIpc) is 3.36. The first kappa shape index (κ1) is 21.3. The molecule has 1 aliphatic heterocycles. The average molecular weight is 462 g/mol. The van der Waals surface area contributed by atoms with Gasteiger partial charge in [0.1, 0.15) is 11.6 Å². The lowest BCUT2D eigenvalue weighted by atomic mass is 10.1. The molecule has 1 atom stereocenters. The number of rotatable bonds is 6. The van der Waals surface area contributed by atoms with Crippen LogP contribution in [0.25, 0.3) is 11.0 Å². The minimum atomic E-state index is -0.302. The second-order valence-corrected chi connectivity index (χ2v) is 8.71. The summed E-state index contributed by atoms with van der Waals surface area (Å²) in [5.41, 5.74) is 3.10. The number of aromatic nitrogens is 2. The van der Waals surface area contributed by atoms with E-state index in [1.54, 1.807) is 41.3 Å². The smallest absolute Gasteiger partial charge is 0.223 e. The zero-order chi connectivity index (χ0) is 22.9. The summed E-state index contributed by atoms with van der Waals surface area (Å²) in [6.07, 6.45) is 0.319. The molecule has 0 saturated carbocycles. The van der Waals surface area contributed by atoms with E-state index in [2.05, 4.69) is 0 Å². The third kappa shape index (κ3) is 4.39. The van der Waals surface area contributed by atoms with Gasteiger partial charge in [-0.1, -0.05) is 35.9 Å². The minimum absolute atomic E-state index is 0.0203. The van der Waals surface area contributed by atoms with Gasteiger partial charge in [0.05, 0.1) is 17.6 Å². The van der Waals surface area contributed by atoms with E-state index in [1.165, 1.54) is 12.1 Å². The van der Waals surface area contributed by atoms with Gasteiger partial charge in [-0.15, -0.1) is 0 Å². The molecule has 166 valence electrons. The van der Waals surface area contributed by atoms with Crippen molar-refractivity contribution in [3.63, 3.8) is 0 Å². The number of hydrogen-bond acceptors (Lipinski definition) is 3. The second-order valence-electron chi connectivity index (χ2n) is 8.28. The Labute approximate surface area is 195 Å². The lowest BCUT2D eigenvalue weighted by Crippen LogP contribution is -2.24. The van der Waals surface area contributed by atoms with Crippen LogP contribution in [0.15, 0.2) is 72.8 Å². The summed E-state index contributed by atoms with van der Waals surface area (Å²) in [6.45, 7) is 1.04. The van der Waals surface area contributed by atoms with Crippen molar-refractivity contribution in [1.29, 1.82) is 0 Å². The molecule has 1 amide bonds. The second kappa shape index (κ2) is 8.79. The number of halogens is 2. The maximum atomic E-state index is 13.2. The molecule has 5 rings (SSSR count). The van der Waals surface area contributed by atoms with Crippen molar-refractivity contribution in [3.05, 3.63) is 101 Å². The van der Waals surface area contributed by atoms with Crippen LogP contribution in [-0.4, -0.2) is 32.7 Å². The number of amides is 1. The Balaban J connectivity index is 1.43. The maximum absolute atomic E-state index is 13.2. The molecule has 0 N–H and O–H groups in total. The molecule has 33 heavy (non-hydrogen) atoms. The van der Waals surface area contributed by atoms with Crippen molar-refractivity contribution in [2.24, 2.45) is 0 Å². The van der Waals surface area contributed by atoms with E-state index >= 15 is 0 Å². The molecule has 1 unspecified atom stereocenters. The van der Waals surface area contributed by atoms with Crippen LogP contribution in [0.1, 0.15) is 34.1 Å². The molecule has 3 aromatic carbocycles. The Bertz CT molecular complexity index is 1330. The fourth-order valence-corrected chi connectivity index (χ4v) is 4.48. The summed E-state index contributed by atoms with van der Waals surface area (Å²) in [5.74, 6) is 0.260. The van der Waals surface area contributed by atoms with Gasteiger partial charge in [-0.2, -0.15) is 0 Å². The molecule has 1 fully saturated rings. The van der Waals surface area contributed by atoms with Crippen LogP contribution < -0.4 is 0 Å². The molecule has 7 heteroatoms. The first-order chi connectivity index (χ1) is 16.0. The van der Waals surface area contributed by atoms with Crippen molar-refractivity contribution in [2.45, 2.75) is 25.4 Å². The number of imidazole rings is 1. The van der Waals surface area contributed by atoms with Crippen LogP contribution in [0.5, 0.6) is 0 Å². The van der Waals surface area contributed by atoms with E-state index in [0.29, 0.717) is 30.1 Å². The van der Waals surface area contributed by atoms with Crippen molar-refractivity contribution in [2.75, 3.05) is 6.54 Å². The Morgan fingerprint density at radius 3 is 2.52 bits per heavy atom. The summed E-state index contributed by atoms with van der Waals surface area (Å²) < 4.78 is 15.1. The Hall–Kier alpha value is -3.51. The zero-order valence-corrected chi connectivity index (χ0v) is 18.5. The molecular weight excluding hydrogens is 441 g/mol. The van der Waals surface area contributed by atoms with E-state index in [0.717, 1.165) is 22.4 Å². The predicted octanol–water partition coefficient (Wildman–Crippen LogP) is 5.23. The van der Waals surface area contributed by atoms with E-state index < -0.39 is 0 Å². The molecule has 0 bridgehead atoms. The van der Waals surface area contributed by atoms with Crippen LogP contribution >= 0.6 is 11.6 Å². The Kier molecular flexibility index (Phi) is 5.68. The highest BCUT2D eigenvalue weighted by Gasteiger charge is 2.34. The normalized spacial score (nSPS) is 16.0. The van der Waals surface area contributed by atoms with Crippen molar-refractivity contribution >= 4 is 34.3 Å². The number of carbonyl (C=O) groups excluding carboxylic acids is 2. The van der Waals surface area contributed by atoms with Crippen molar-refractivity contribution in [3.8, 4) is 0 Å². The number of likely N-dealkylation sites (tertiary alicyclic amines) is 1. The number of nitrogens with zero attached hydrogens (tertiary/aromatic N) is 3. The molecule has 5 nitrogen and oxygen atoms in total. The van der Waals surface area contributed by atoms with Crippen molar-refractivity contribution < 1.29 is 14.0 Å². The van der Waals surface area contributed by atoms with Crippen LogP contribution in [0, 0.1) is 5.82 Å². The number of benzene rings is 3. The van der Waals surface area contributed by atoms with E-state index in [1.807, 2.05) is 28.8 Å². The molecule has 1 aliphatic rings. The van der Waals surface area contributed by atoms with Gasteiger partial charge in [-0.3, -0.25) is 9.59 Å². The van der Waals surface area contributed by atoms with Crippen LogP contribution in [0.4, 0.5) is 4.39 Å². The molecule has 0 spiro atoms. The van der Waals surface area contributed by atoms with Gasteiger partial charge >= 0.3 is 0 Å². The van der Waals surface area contributed by atoms with Gasteiger partial charge in [0, 0.05) is 36.0 Å². The Morgan fingerprint density at radius 2 is 1.76 bits per heavy atom. The van der Waals surface area contributed by atoms with Gasteiger partial charge in [0.25, 0.3) is 0 Å². The van der Waals surface area contributed by atoms with Gasteiger partial charge in [-0.25, -0.2) is 9.37 Å². The summed E-state index contributed by atoms with van der Waals surface area (Å²) >= 11 is 5.96. The highest BCUT2D eigenvalue weighted by atomic mass is 35.5. The quantitative estimate of drug-likeness (QED) is 0.369. The van der Waals surface area contributed by atoms with Crippen LogP contribution in [-0.2, 0) is 17.9 Å². The minimum Gasteiger partial charge on any atom is -0.338 e. The topological polar surface area (TPSA) is 55.2 Å². The van der Waals surface area contributed by atoms with Gasteiger partial charge < -0.3 is 9.47 Å².